The van der Waals surface area contributed by atoms with Crippen LogP contribution in [-0.2, 0) is 11.4 Å². The van der Waals surface area contributed by atoms with Crippen LogP contribution in [0.25, 0.3) is 0 Å². The molecule has 1 heterocycles. The highest BCUT2D eigenvalue weighted by atomic mass is 16.7. The second-order valence-corrected chi connectivity index (χ2v) is 5.66. The molecule has 1 aliphatic rings. The first-order valence-electron chi connectivity index (χ1n) is 5.95. The van der Waals surface area contributed by atoms with Gasteiger partial charge in [-0.3, -0.25) is 4.84 Å². The van der Waals surface area contributed by atoms with Gasteiger partial charge in [-0.25, -0.2) is 0 Å². The fourth-order valence-corrected chi connectivity index (χ4v) is 1.73. The van der Waals surface area contributed by atoms with E-state index in [1.54, 1.807) is 0 Å². The van der Waals surface area contributed by atoms with Crippen LogP contribution in [0.15, 0.2) is 16.5 Å². The summed E-state index contributed by atoms with van der Waals surface area (Å²) in [5.74, 6) is 3.51. The van der Waals surface area contributed by atoms with Crippen LogP contribution in [0.3, 0.4) is 0 Å². The molecule has 2 rings (SSSR count). The average molecular weight is 223 g/mol. The predicted octanol–water partition coefficient (Wildman–Crippen LogP) is 3.22. The molecule has 2 atom stereocenters. The molecule has 0 spiro atoms. The SMILES string of the molecule is CC1CC1c1ccc(CNOC(C)(C)C)o1. The van der Waals surface area contributed by atoms with E-state index in [0.29, 0.717) is 12.5 Å². The van der Waals surface area contributed by atoms with E-state index >= 15 is 0 Å². The second kappa shape index (κ2) is 4.22. The Labute approximate surface area is 97.1 Å². The zero-order valence-electron chi connectivity index (χ0n) is 10.5. The van der Waals surface area contributed by atoms with Crippen LogP contribution in [0, 0.1) is 5.92 Å². The molecule has 0 saturated heterocycles. The molecular weight excluding hydrogens is 202 g/mol. The summed E-state index contributed by atoms with van der Waals surface area (Å²) in [5.41, 5.74) is 2.77. The van der Waals surface area contributed by atoms with Crippen molar-refractivity contribution in [1.82, 2.24) is 5.48 Å². The molecule has 1 aliphatic carbocycles. The minimum atomic E-state index is -0.166. The van der Waals surface area contributed by atoms with Crippen molar-refractivity contribution in [1.29, 1.82) is 0 Å². The fraction of sp³-hybridized carbons (Fsp3) is 0.692. The summed E-state index contributed by atoms with van der Waals surface area (Å²) < 4.78 is 5.75. The largest absolute Gasteiger partial charge is 0.464 e. The van der Waals surface area contributed by atoms with Crippen molar-refractivity contribution in [2.24, 2.45) is 5.92 Å². The van der Waals surface area contributed by atoms with Crippen molar-refractivity contribution in [2.75, 3.05) is 0 Å². The number of hydrogen-bond acceptors (Lipinski definition) is 3. The van der Waals surface area contributed by atoms with E-state index in [4.69, 9.17) is 9.25 Å². The Morgan fingerprint density at radius 2 is 2.12 bits per heavy atom. The Hall–Kier alpha value is -0.800. The number of hydroxylamine groups is 1. The Morgan fingerprint density at radius 1 is 1.44 bits per heavy atom. The minimum Gasteiger partial charge on any atom is -0.464 e. The highest BCUT2D eigenvalue weighted by Crippen LogP contribution is 2.47. The lowest BCUT2D eigenvalue weighted by molar-refractivity contribution is -0.0775. The molecule has 0 amide bonds. The quantitative estimate of drug-likeness (QED) is 0.796. The minimum absolute atomic E-state index is 0.166. The van der Waals surface area contributed by atoms with E-state index < -0.39 is 0 Å². The first kappa shape index (κ1) is 11.7. The van der Waals surface area contributed by atoms with Gasteiger partial charge in [0.25, 0.3) is 0 Å². The van der Waals surface area contributed by atoms with Gasteiger partial charge in [-0.15, -0.1) is 0 Å². The maximum absolute atomic E-state index is 5.75. The van der Waals surface area contributed by atoms with Crippen LogP contribution >= 0.6 is 0 Å². The van der Waals surface area contributed by atoms with Gasteiger partial charge in [0.2, 0.25) is 0 Å². The molecule has 0 radical (unpaired) electrons. The standard InChI is InChI=1S/C13H21NO2/c1-9-7-11(9)12-6-5-10(15-12)8-14-16-13(2,3)4/h5-6,9,11,14H,7-8H2,1-4H3. The summed E-state index contributed by atoms with van der Waals surface area (Å²) in [4.78, 5) is 5.43. The summed E-state index contributed by atoms with van der Waals surface area (Å²) in [7, 11) is 0. The topological polar surface area (TPSA) is 34.4 Å². The number of nitrogens with one attached hydrogen (secondary N) is 1. The molecule has 1 aromatic heterocycles. The molecule has 2 unspecified atom stereocenters. The van der Waals surface area contributed by atoms with Gasteiger partial charge in [0, 0.05) is 5.92 Å². The molecule has 16 heavy (non-hydrogen) atoms. The van der Waals surface area contributed by atoms with Gasteiger partial charge >= 0.3 is 0 Å². The summed E-state index contributed by atoms with van der Waals surface area (Å²) in [5, 5.41) is 0. The van der Waals surface area contributed by atoms with Crippen LogP contribution in [-0.4, -0.2) is 5.60 Å². The van der Waals surface area contributed by atoms with E-state index in [-0.39, 0.29) is 5.60 Å². The van der Waals surface area contributed by atoms with Crippen molar-refractivity contribution < 1.29 is 9.25 Å². The highest BCUT2D eigenvalue weighted by Gasteiger charge is 2.36. The number of furan rings is 1. The summed E-state index contributed by atoms with van der Waals surface area (Å²) in [6.07, 6.45) is 1.26. The normalized spacial score (nSPS) is 24.8. The van der Waals surface area contributed by atoms with Crippen molar-refractivity contribution in [3.8, 4) is 0 Å². The molecule has 3 heteroatoms. The van der Waals surface area contributed by atoms with E-state index in [2.05, 4.69) is 18.5 Å². The van der Waals surface area contributed by atoms with E-state index in [0.717, 1.165) is 17.4 Å². The lowest BCUT2D eigenvalue weighted by Gasteiger charge is -2.18. The molecule has 0 bridgehead atoms. The summed E-state index contributed by atoms with van der Waals surface area (Å²) in [6.45, 7) is 8.92. The fourth-order valence-electron chi connectivity index (χ4n) is 1.73. The highest BCUT2D eigenvalue weighted by molar-refractivity contribution is 5.17. The smallest absolute Gasteiger partial charge is 0.120 e. The third-order valence-electron chi connectivity index (χ3n) is 2.78. The molecule has 90 valence electrons. The van der Waals surface area contributed by atoms with Crippen LogP contribution in [0.4, 0.5) is 0 Å². The van der Waals surface area contributed by atoms with Gasteiger partial charge in [-0.2, -0.15) is 5.48 Å². The Balaban J connectivity index is 1.79. The molecular formula is C13H21NO2. The van der Waals surface area contributed by atoms with Gasteiger partial charge in [-0.05, 0) is 45.2 Å². The van der Waals surface area contributed by atoms with Gasteiger partial charge in [-0.1, -0.05) is 6.92 Å². The summed E-state index contributed by atoms with van der Waals surface area (Å²) in [6, 6.07) is 4.11. The molecule has 0 aromatic carbocycles. The zero-order valence-corrected chi connectivity index (χ0v) is 10.5. The Kier molecular flexibility index (Phi) is 3.08. The lowest BCUT2D eigenvalue weighted by Crippen LogP contribution is -2.28. The molecule has 1 saturated carbocycles. The Morgan fingerprint density at radius 3 is 2.69 bits per heavy atom. The number of rotatable bonds is 4. The molecule has 1 aromatic rings. The van der Waals surface area contributed by atoms with Crippen LogP contribution in [0.2, 0.25) is 0 Å². The monoisotopic (exact) mass is 223 g/mol. The first-order chi connectivity index (χ1) is 7.46. The molecule has 1 N–H and O–H groups in total. The van der Waals surface area contributed by atoms with Crippen LogP contribution in [0.5, 0.6) is 0 Å². The maximum Gasteiger partial charge on any atom is 0.120 e. The molecule has 1 fully saturated rings. The van der Waals surface area contributed by atoms with Gasteiger partial charge < -0.3 is 4.42 Å². The van der Waals surface area contributed by atoms with Crippen molar-refractivity contribution >= 4 is 0 Å². The van der Waals surface area contributed by atoms with Gasteiger partial charge in [0.05, 0.1) is 12.1 Å². The third kappa shape index (κ3) is 3.09. The zero-order chi connectivity index (χ0) is 11.8. The Bertz CT molecular complexity index is 351. The summed E-state index contributed by atoms with van der Waals surface area (Å²) >= 11 is 0. The van der Waals surface area contributed by atoms with Crippen LogP contribution < -0.4 is 5.48 Å². The number of hydrogen-bond donors (Lipinski definition) is 1. The van der Waals surface area contributed by atoms with Crippen molar-refractivity contribution in [3.05, 3.63) is 23.7 Å². The van der Waals surface area contributed by atoms with E-state index in [9.17, 15) is 0 Å². The second-order valence-electron chi connectivity index (χ2n) is 5.66. The van der Waals surface area contributed by atoms with Crippen molar-refractivity contribution in [3.63, 3.8) is 0 Å². The predicted molar refractivity (Wildman–Crippen MR) is 62.9 cm³/mol. The first-order valence-corrected chi connectivity index (χ1v) is 5.95. The third-order valence-corrected chi connectivity index (χ3v) is 2.78. The molecule has 0 aliphatic heterocycles. The lowest BCUT2D eigenvalue weighted by atomic mass is 10.2. The van der Waals surface area contributed by atoms with Crippen LogP contribution in [0.1, 0.15) is 51.6 Å². The average Bonchev–Trinajstić information content (AvgIpc) is 2.72. The van der Waals surface area contributed by atoms with Gasteiger partial charge in [0.1, 0.15) is 11.5 Å². The van der Waals surface area contributed by atoms with E-state index in [1.807, 2.05) is 26.8 Å². The van der Waals surface area contributed by atoms with Crippen molar-refractivity contribution in [2.45, 2.75) is 52.2 Å². The van der Waals surface area contributed by atoms with Gasteiger partial charge in [0.15, 0.2) is 0 Å². The van der Waals surface area contributed by atoms with E-state index in [1.165, 1.54) is 6.42 Å². The maximum atomic E-state index is 5.75. The molecule has 3 nitrogen and oxygen atoms in total.